The van der Waals surface area contributed by atoms with Crippen LogP contribution in [0.25, 0.3) is 0 Å². The molecule has 4 rings (SSSR count). The van der Waals surface area contributed by atoms with Crippen LogP contribution < -0.4 is 0 Å². The van der Waals surface area contributed by atoms with E-state index in [1.54, 1.807) is 0 Å². The molecule has 0 saturated carbocycles. The zero-order valence-electron chi connectivity index (χ0n) is 19.6. The van der Waals surface area contributed by atoms with Crippen LogP contribution >= 0.6 is 0 Å². The highest BCUT2D eigenvalue weighted by Crippen LogP contribution is 2.42. The second-order valence-electron chi connectivity index (χ2n) is 9.39. The lowest BCUT2D eigenvalue weighted by Crippen LogP contribution is -2.61. The predicted molar refractivity (Wildman–Crippen MR) is 115 cm³/mol. The van der Waals surface area contributed by atoms with E-state index in [1.807, 2.05) is 0 Å². The van der Waals surface area contributed by atoms with Gasteiger partial charge in [-0.3, -0.25) is 0 Å². The Labute approximate surface area is 210 Å². The highest BCUT2D eigenvalue weighted by molar-refractivity contribution is 5.91. The summed E-state index contributed by atoms with van der Waals surface area (Å²) in [6.07, 6.45) is -11.8. The fraction of sp³-hybridized carbons (Fsp3) is 0.773. The van der Waals surface area contributed by atoms with Gasteiger partial charge in [-0.1, -0.05) is 6.08 Å². The van der Waals surface area contributed by atoms with Crippen LogP contribution in [-0.4, -0.2) is 140 Å². The van der Waals surface area contributed by atoms with Crippen LogP contribution in [0.1, 0.15) is 6.42 Å². The number of carbonyl (C=O) groups is 1. The van der Waals surface area contributed by atoms with E-state index in [4.69, 9.17) is 28.4 Å². The highest BCUT2D eigenvalue weighted by atomic mass is 16.8. The average molecular weight is 536 g/mol. The van der Waals surface area contributed by atoms with Crippen molar-refractivity contribution in [1.29, 1.82) is 0 Å². The lowest BCUT2D eigenvalue weighted by molar-refractivity contribution is -0.347. The third kappa shape index (κ3) is 5.03. The van der Waals surface area contributed by atoms with Gasteiger partial charge in [-0.15, -0.1) is 6.58 Å². The molecule has 0 spiro atoms. The van der Waals surface area contributed by atoms with Gasteiger partial charge < -0.3 is 69.3 Å². The molecule has 0 radical (unpaired) electrons. The summed E-state index contributed by atoms with van der Waals surface area (Å²) >= 11 is 0. The Morgan fingerprint density at radius 3 is 2.43 bits per heavy atom. The zero-order chi connectivity index (χ0) is 27.1. The third-order valence-electron chi connectivity index (χ3n) is 7.05. The van der Waals surface area contributed by atoms with Crippen molar-refractivity contribution in [3.05, 3.63) is 24.5 Å². The molecule has 8 N–H and O–H groups in total. The fourth-order valence-electron chi connectivity index (χ4n) is 4.81. The number of aliphatic hydroxyl groups excluding tert-OH is 6. The number of ether oxygens (including phenoxy) is 6. The lowest BCUT2D eigenvalue weighted by Gasteiger charge is -2.46. The van der Waals surface area contributed by atoms with Crippen molar-refractivity contribution in [2.24, 2.45) is 5.92 Å². The highest BCUT2D eigenvalue weighted by Gasteiger charge is 2.55. The van der Waals surface area contributed by atoms with Crippen molar-refractivity contribution >= 4 is 5.97 Å². The van der Waals surface area contributed by atoms with E-state index >= 15 is 0 Å². The van der Waals surface area contributed by atoms with Gasteiger partial charge in [0.2, 0.25) is 12.1 Å². The Bertz CT molecular complexity index is 882. The van der Waals surface area contributed by atoms with Gasteiger partial charge in [0.05, 0.1) is 32.0 Å². The number of cyclic esters (lactones) is 1. The van der Waals surface area contributed by atoms with Crippen LogP contribution in [0.3, 0.4) is 0 Å². The van der Waals surface area contributed by atoms with Crippen molar-refractivity contribution in [2.45, 2.75) is 73.1 Å². The Morgan fingerprint density at radius 1 is 1.05 bits per heavy atom. The van der Waals surface area contributed by atoms with Gasteiger partial charge in [-0.2, -0.15) is 0 Å². The number of rotatable bonds is 8. The van der Waals surface area contributed by atoms with Crippen LogP contribution in [-0.2, 0) is 33.2 Å². The summed E-state index contributed by atoms with van der Waals surface area (Å²) in [5, 5.41) is 81.7. The Hall–Kier alpha value is -1.73. The Balaban J connectivity index is 1.41. The number of hydrogen-bond acceptors (Lipinski definition) is 15. The summed E-state index contributed by atoms with van der Waals surface area (Å²) < 4.78 is 32.0. The molecule has 3 saturated heterocycles. The molecule has 37 heavy (non-hydrogen) atoms. The maximum absolute atomic E-state index is 12.0. The van der Waals surface area contributed by atoms with Crippen molar-refractivity contribution in [3.63, 3.8) is 0 Å². The largest absolute Gasteiger partial charge is 0.471 e. The van der Waals surface area contributed by atoms with Crippen LogP contribution in [0, 0.1) is 5.92 Å². The van der Waals surface area contributed by atoms with Crippen molar-refractivity contribution in [1.82, 2.24) is 0 Å². The number of hydrogen-bond donors (Lipinski definition) is 8. The first-order valence-corrected chi connectivity index (χ1v) is 11.6. The molecule has 15 nitrogen and oxygen atoms in total. The summed E-state index contributed by atoms with van der Waals surface area (Å²) in [6, 6.07) is 0. The van der Waals surface area contributed by atoms with Crippen LogP contribution in [0.5, 0.6) is 0 Å². The van der Waals surface area contributed by atoms with E-state index in [-0.39, 0.29) is 18.6 Å². The third-order valence-corrected chi connectivity index (χ3v) is 7.05. The van der Waals surface area contributed by atoms with Gasteiger partial charge >= 0.3 is 5.97 Å². The smallest absolute Gasteiger partial charge is 0.340 e. The Morgan fingerprint density at radius 2 is 1.78 bits per heavy atom. The molecule has 12 atom stereocenters. The molecule has 3 fully saturated rings. The number of fused-ring (bicyclic) bond motifs is 1. The number of aliphatic hydroxyl groups is 8. The molecule has 12 unspecified atom stereocenters. The monoisotopic (exact) mass is 536 g/mol. The summed E-state index contributed by atoms with van der Waals surface area (Å²) in [5.74, 6) is -4.13. The lowest BCUT2D eigenvalue weighted by atomic mass is 9.76. The van der Waals surface area contributed by atoms with Crippen LogP contribution in [0.15, 0.2) is 24.5 Å². The minimum atomic E-state index is -2.37. The second-order valence-corrected chi connectivity index (χ2v) is 9.39. The van der Waals surface area contributed by atoms with Gasteiger partial charge in [0, 0.05) is 6.42 Å². The van der Waals surface area contributed by atoms with Crippen molar-refractivity contribution in [2.75, 3.05) is 26.4 Å². The molecular formula is C22H32O15. The van der Waals surface area contributed by atoms with Gasteiger partial charge in [0.25, 0.3) is 0 Å². The second kappa shape index (κ2) is 10.8. The Kier molecular flexibility index (Phi) is 8.25. The summed E-state index contributed by atoms with van der Waals surface area (Å²) in [4.78, 5) is 12.0. The molecule has 4 aliphatic heterocycles. The van der Waals surface area contributed by atoms with E-state index in [1.165, 1.54) is 6.08 Å². The van der Waals surface area contributed by atoms with E-state index in [0.717, 1.165) is 6.26 Å². The van der Waals surface area contributed by atoms with E-state index in [9.17, 15) is 45.6 Å². The van der Waals surface area contributed by atoms with E-state index in [2.05, 4.69) is 6.58 Å². The molecular weight excluding hydrogens is 504 g/mol. The van der Waals surface area contributed by atoms with Gasteiger partial charge in [-0.25, -0.2) is 4.79 Å². The maximum Gasteiger partial charge on any atom is 0.340 e. The summed E-state index contributed by atoms with van der Waals surface area (Å²) in [7, 11) is 0. The zero-order valence-corrected chi connectivity index (χ0v) is 19.6. The quantitative estimate of drug-likeness (QED) is 0.108. The fourth-order valence-corrected chi connectivity index (χ4v) is 4.81. The molecule has 15 heteroatoms. The first-order chi connectivity index (χ1) is 17.5. The van der Waals surface area contributed by atoms with Gasteiger partial charge in [0.1, 0.15) is 60.5 Å². The predicted octanol–water partition coefficient (Wildman–Crippen LogP) is -4.65. The van der Waals surface area contributed by atoms with Crippen LogP contribution in [0.2, 0.25) is 0 Å². The molecule has 0 bridgehead atoms. The molecule has 4 heterocycles. The molecule has 0 aromatic carbocycles. The van der Waals surface area contributed by atoms with E-state index in [0.29, 0.717) is 0 Å². The van der Waals surface area contributed by atoms with Crippen molar-refractivity contribution in [3.8, 4) is 0 Å². The first-order valence-electron chi connectivity index (χ1n) is 11.6. The molecule has 0 aromatic rings. The maximum atomic E-state index is 12.0. The standard InChI is InChI=1S/C22H32O15/c1-2-9-19(34-6-10-18(29)33-4-3-21(9,10)30)36-20-16(27)15(26)13(24)12(35-20)7-32-8-22(31)17(28)14(25)11(5-23)37-22/h2,6,9,11-17,19-20,23-28,30-31H,1,3-5,7-8H2. The minimum Gasteiger partial charge on any atom is -0.471 e. The van der Waals surface area contributed by atoms with Gasteiger partial charge in [0.15, 0.2) is 6.29 Å². The topological polar surface area (TPSA) is 234 Å². The molecule has 4 aliphatic rings. The summed E-state index contributed by atoms with van der Waals surface area (Å²) in [6.45, 7) is 1.72. The van der Waals surface area contributed by atoms with Gasteiger partial charge in [-0.05, 0) is 0 Å². The molecule has 0 amide bonds. The van der Waals surface area contributed by atoms with E-state index < -0.39 is 98.4 Å². The minimum absolute atomic E-state index is 0.0268. The number of esters is 1. The number of carbonyl (C=O) groups excluding carboxylic acids is 1. The first kappa shape index (κ1) is 28.3. The summed E-state index contributed by atoms with van der Waals surface area (Å²) in [5.41, 5.74) is -1.85. The average Bonchev–Trinajstić information content (AvgIpc) is 3.08. The SMILES string of the molecule is C=CC1C(OC2OC(COCC3(O)OC(CO)C(O)C3O)C(O)C(O)C2O)OC=C2C(=O)OCCC21O. The van der Waals surface area contributed by atoms with Crippen molar-refractivity contribution < 1.29 is 74.1 Å². The molecule has 0 aromatic heterocycles. The van der Waals surface area contributed by atoms with Crippen LogP contribution in [0.4, 0.5) is 0 Å². The normalized spacial score (nSPS) is 48.0. The molecule has 210 valence electrons. The molecule has 0 aliphatic carbocycles.